The number of nitrogens with zero attached hydrogens (tertiary/aromatic N) is 2. The van der Waals surface area contributed by atoms with Gasteiger partial charge in [-0.15, -0.1) is 0 Å². The number of aliphatic hydroxyl groups excluding tert-OH is 1. The standard InChI is InChI=1S/C20H26N2O3/c1-13-7-8-14(2)20(15(13)3)25-11-17(23)10-22-12-21-18(9-19(22)24)16-5-4-6-16/h7-9,12,16-17,23H,4-6,10-11H2,1-3H3. The Kier molecular flexibility index (Phi) is 5.23. The molecule has 1 atom stereocenters. The molecule has 0 aliphatic heterocycles. The first-order chi connectivity index (χ1) is 12.0. The fourth-order valence-electron chi connectivity index (χ4n) is 3.11. The van der Waals surface area contributed by atoms with Gasteiger partial charge in [0.2, 0.25) is 0 Å². The number of rotatable bonds is 6. The van der Waals surface area contributed by atoms with Crippen molar-refractivity contribution < 1.29 is 9.84 Å². The van der Waals surface area contributed by atoms with Crippen molar-refractivity contribution in [3.05, 3.63) is 57.3 Å². The van der Waals surface area contributed by atoms with Crippen molar-refractivity contribution >= 4 is 0 Å². The molecule has 1 fully saturated rings. The molecule has 1 heterocycles. The summed E-state index contributed by atoms with van der Waals surface area (Å²) in [4.78, 5) is 16.6. The van der Waals surface area contributed by atoms with Crippen LogP contribution in [-0.2, 0) is 6.54 Å². The van der Waals surface area contributed by atoms with E-state index in [0.717, 1.165) is 41.0 Å². The van der Waals surface area contributed by atoms with E-state index >= 15 is 0 Å². The maximum atomic E-state index is 12.2. The molecule has 0 radical (unpaired) electrons. The molecule has 1 aromatic carbocycles. The van der Waals surface area contributed by atoms with E-state index in [2.05, 4.69) is 11.1 Å². The van der Waals surface area contributed by atoms with Crippen LogP contribution in [0.2, 0.25) is 0 Å². The Bertz CT molecular complexity index is 809. The van der Waals surface area contributed by atoms with Gasteiger partial charge >= 0.3 is 0 Å². The third-order valence-corrected chi connectivity index (χ3v) is 5.13. The molecule has 1 N–H and O–H groups in total. The second-order valence-corrected chi connectivity index (χ2v) is 7.05. The van der Waals surface area contributed by atoms with E-state index in [1.807, 2.05) is 26.8 Å². The molecule has 0 bridgehead atoms. The van der Waals surface area contributed by atoms with E-state index in [4.69, 9.17) is 4.74 Å². The van der Waals surface area contributed by atoms with Gasteiger partial charge in [0.15, 0.2) is 0 Å². The van der Waals surface area contributed by atoms with Gasteiger partial charge in [0.1, 0.15) is 18.5 Å². The van der Waals surface area contributed by atoms with Gasteiger partial charge in [-0.25, -0.2) is 4.98 Å². The van der Waals surface area contributed by atoms with Crippen LogP contribution in [-0.4, -0.2) is 27.4 Å². The van der Waals surface area contributed by atoms with Gasteiger partial charge in [-0.2, -0.15) is 0 Å². The Morgan fingerprint density at radius 3 is 2.64 bits per heavy atom. The quantitative estimate of drug-likeness (QED) is 0.877. The summed E-state index contributed by atoms with van der Waals surface area (Å²) >= 11 is 0. The van der Waals surface area contributed by atoms with Gasteiger partial charge in [0.25, 0.3) is 5.56 Å². The maximum Gasteiger partial charge on any atom is 0.253 e. The number of aliphatic hydroxyl groups is 1. The predicted octanol–water partition coefficient (Wildman–Crippen LogP) is 2.88. The fourth-order valence-corrected chi connectivity index (χ4v) is 3.11. The molecule has 134 valence electrons. The highest BCUT2D eigenvalue weighted by molar-refractivity contribution is 5.44. The number of hydrogen-bond donors (Lipinski definition) is 1. The smallest absolute Gasteiger partial charge is 0.253 e. The van der Waals surface area contributed by atoms with Crippen LogP contribution in [0.15, 0.2) is 29.3 Å². The van der Waals surface area contributed by atoms with E-state index in [9.17, 15) is 9.90 Å². The van der Waals surface area contributed by atoms with Crippen LogP contribution < -0.4 is 10.3 Å². The fraction of sp³-hybridized carbons (Fsp3) is 0.500. The van der Waals surface area contributed by atoms with Crippen molar-refractivity contribution in [2.24, 2.45) is 0 Å². The highest BCUT2D eigenvalue weighted by Crippen LogP contribution is 2.34. The van der Waals surface area contributed by atoms with E-state index in [1.54, 1.807) is 12.4 Å². The summed E-state index contributed by atoms with van der Waals surface area (Å²) in [7, 11) is 0. The minimum Gasteiger partial charge on any atom is -0.490 e. The van der Waals surface area contributed by atoms with Crippen molar-refractivity contribution in [3.8, 4) is 5.75 Å². The first kappa shape index (κ1) is 17.7. The molecular formula is C20H26N2O3. The van der Waals surface area contributed by atoms with Gasteiger partial charge in [-0.3, -0.25) is 9.36 Å². The molecule has 1 aromatic heterocycles. The molecule has 1 aliphatic carbocycles. The zero-order valence-corrected chi connectivity index (χ0v) is 15.2. The summed E-state index contributed by atoms with van der Waals surface area (Å²) in [6, 6.07) is 5.67. The average Bonchev–Trinajstić information content (AvgIpc) is 2.52. The Hall–Kier alpha value is -2.14. The highest BCUT2D eigenvalue weighted by atomic mass is 16.5. The van der Waals surface area contributed by atoms with Gasteiger partial charge < -0.3 is 9.84 Å². The Labute approximate surface area is 148 Å². The predicted molar refractivity (Wildman–Crippen MR) is 97.2 cm³/mol. The Morgan fingerprint density at radius 1 is 1.28 bits per heavy atom. The molecule has 1 aliphatic rings. The summed E-state index contributed by atoms with van der Waals surface area (Å²) in [5, 5.41) is 10.3. The first-order valence-corrected chi connectivity index (χ1v) is 8.89. The largest absolute Gasteiger partial charge is 0.490 e. The molecule has 25 heavy (non-hydrogen) atoms. The zero-order chi connectivity index (χ0) is 18.0. The topological polar surface area (TPSA) is 64.3 Å². The van der Waals surface area contributed by atoms with Crippen LogP contribution in [0.3, 0.4) is 0 Å². The van der Waals surface area contributed by atoms with Gasteiger partial charge in [0.05, 0.1) is 18.6 Å². The first-order valence-electron chi connectivity index (χ1n) is 8.89. The van der Waals surface area contributed by atoms with Crippen molar-refractivity contribution in [3.63, 3.8) is 0 Å². The molecule has 1 unspecified atom stereocenters. The normalized spacial score (nSPS) is 15.7. The molecular weight excluding hydrogens is 316 g/mol. The van der Waals surface area contributed by atoms with Crippen molar-refractivity contribution in [1.82, 2.24) is 9.55 Å². The summed E-state index contributed by atoms with van der Waals surface area (Å²) < 4.78 is 7.28. The van der Waals surface area contributed by atoms with Crippen LogP contribution in [0, 0.1) is 20.8 Å². The van der Waals surface area contributed by atoms with Crippen molar-refractivity contribution in [1.29, 1.82) is 0 Å². The lowest BCUT2D eigenvalue weighted by atomic mass is 9.83. The van der Waals surface area contributed by atoms with Crippen LogP contribution >= 0.6 is 0 Å². The number of aryl methyl sites for hydroxylation is 2. The van der Waals surface area contributed by atoms with Crippen LogP contribution in [0.4, 0.5) is 0 Å². The van der Waals surface area contributed by atoms with Crippen molar-refractivity contribution in [2.75, 3.05) is 6.61 Å². The highest BCUT2D eigenvalue weighted by Gasteiger charge is 2.21. The lowest BCUT2D eigenvalue weighted by Crippen LogP contribution is -2.31. The van der Waals surface area contributed by atoms with Crippen LogP contribution in [0.25, 0.3) is 0 Å². The monoisotopic (exact) mass is 342 g/mol. The third-order valence-electron chi connectivity index (χ3n) is 5.13. The minimum atomic E-state index is -0.770. The van der Waals surface area contributed by atoms with Gasteiger partial charge in [-0.1, -0.05) is 18.6 Å². The van der Waals surface area contributed by atoms with E-state index in [0.29, 0.717) is 5.92 Å². The molecule has 5 heteroatoms. The number of aromatic nitrogens is 2. The van der Waals surface area contributed by atoms with Gasteiger partial charge in [0, 0.05) is 12.0 Å². The number of benzene rings is 1. The maximum absolute atomic E-state index is 12.2. The second-order valence-electron chi connectivity index (χ2n) is 7.05. The molecule has 0 amide bonds. The summed E-state index contributed by atoms with van der Waals surface area (Å²) in [5.74, 6) is 1.24. The van der Waals surface area contributed by atoms with E-state index in [1.165, 1.54) is 11.0 Å². The minimum absolute atomic E-state index is 0.112. The lowest BCUT2D eigenvalue weighted by molar-refractivity contribution is 0.0905. The molecule has 5 nitrogen and oxygen atoms in total. The van der Waals surface area contributed by atoms with Crippen molar-refractivity contribution in [2.45, 2.75) is 58.6 Å². The zero-order valence-electron chi connectivity index (χ0n) is 15.2. The number of ether oxygens (including phenoxy) is 1. The number of hydrogen-bond acceptors (Lipinski definition) is 4. The Balaban J connectivity index is 1.62. The summed E-state index contributed by atoms with van der Waals surface area (Å²) in [6.45, 7) is 6.36. The second kappa shape index (κ2) is 7.40. The van der Waals surface area contributed by atoms with Crippen LogP contribution in [0.5, 0.6) is 5.75 Å². The SMILES string of the molecule is Cc1ccc(C)c(OCC(O)Cn2cnc(C3CCC3)cc2=O)c1C. The molecule has 3 rings (SSSR count). The van der Waals surface area contributed by atoms with Crippen LogP contribution in [0.1, 0.15) is 47.6 Å². The molecule has 2 aromatic rings. The molecule has 0 spiro atoms. The molecule has 0 saturated heterocycles. The summed E-state index contributed by atoms with van der Waals surface area (Å²) in [5.41, 5.74) is 4.04. The average molecular weight is 342 g/mol. The molecule has 1 saturated carbocycles. The lowest BCUT2D eigenvalue weighted by Gasteiger charge is -2.24. The van der Waals surface area contributed by atoms with E-state index in [-0.39, 0.29) is 18.7 Å². The van der Waals surface area contributed by atoms with E-state index < -0.39 is 6.10 Å². The Morgan fingerprint density at radius 2 is 2.00 bits per heavy atom. The third kappa shape index (κ3) is 3.93. The van der Waals surface area contributed by atoms with Gasteiger partial charge in [-0.05, 0) is 50.3 Å². The summed E-state index contributed by atoms with van der Waals surface area (Å²) in [6.07, 6.45) is 4.21.